The highest BCUT2D eigenvalue weighted by molar-refractivity contribution is 8.01. The van der Waals surface area contributed by atoms with Crippen molar-refractivity contribution in [3.05, 3.63) is 50.6 Å². The molecule has 1 atom stereocenters. The summed E-state index contributed by atoms with van der Waals surface area (Å²) in [5.74, 6) is 1.04. The summed E-state index contributed by atoms with van der Waals surface area (Å²) in [6.45, 7) is 5.05. The number of allylic oxidation sites excluding steroid dienone is 1. The van der Waals surface area contributed by atoms with Crippen molar-refractivity contribution in [2.75, 3.05) is 23.7 Å². The molecule has 10 nitrogen and oxygen atoms in total. The van der Waals surface area contributed by atoms with Crippen LogP contribution in [0.15, 0.2) is 50.0 Å². The zero-order valence-electron chi connectivity index (χ0n) is 21.7. The number of aliphatic hydroxyl groups is 1. The molecule has 0 amide bonds. The van der Waals surface area contributed by atoms with E-state index in [1.54, 1.807) is 32.2 Å². The predicted octanol–water partition coefficient (Wildman–Crippen LogP) is 2.70. The average molecular weight is 587 g/mol. The van der Waals surface area contributed by atoms with Crippen molar-refractivity contribution in [1.82, 2.24) is 24.8 Å². The van der Waals surface area contributed by atoms with Gasteiger partial charge < -0.3 is 26.8 Å². The fourth-order valence-corrected chi connectivity index (χ4v) is 7.93. The third kappa shape index (κ3) is 4.82. The maximum Gasteiger partial charge on any atom is 0.262 e. The first-order chi connectivity index (χ1) is 18.5. The van der Waals surface area contributed by atoms with E-state index < -0.39 is 5.60 Å². The highest BCUT2D eigenvalue weighted by Gasteiger charge is 2.47. The van der Waals surface area contributed by atoms with Gasteiger partial charge >= 0.3 is 0 Å². The van der Waals surface area contributed by atoms with Crippen LogP contribution in [0.5, 0.6) is 0 Å². The molecule has 0 bridgehead atoms. The number of nitrogens with zero attached hydrogens (tertiary/aromatic N) is 5. The first-order valence-electron chi connectivity index (χ1n) is 12.8. The lowest BCUT2D eigenvalue weighted by Gasteiger charge is -2.43. The Bertz CT molecular complexity index is 1590. The van der Waals surface area contributed by atoms with Gasteiger partial charge in [-0.2, -0.15) is 11.4 Å². The Balaban J connectivity index is 1.19. The number of piperidine rings is 1. The van der Waals surface area contributed by atoms with Crippen LogP contribution in [-0.4, -0.2) is 54.8 Å². The zero-order valence-corrected chi connectivity index (χ0v) is 24.2. The standard InChI is InChI=1S/C26H31ClN8O2S2/c1-25(2,37)11-35-12-31-14-3-4-15(19(27)18(14)24(35)36)39-23-22(29)33-17(10-30-23)34-7-5-26(6-8-34)9-16-20(21(26)28)32-13-38-16/h3-4,10,12-13,21,32,37-38H,5-9,11,28H2,1-2H3,(H2,29,33)/t21-/m1/s1. The van der Waals surface area contributed by atoms with Gasteiger partial charge in [0.05, 0.1) is 46.6 Å². The van der Waals surface area contributed by atoms with Crippen LogP contribution in [0.4, 0.5) is 11.6 Å². The minimum Gasteiger partial charge on any atom is -0.389 e. The van der Waals surface area contributed by atoms with Crippen LogP contribution >= 0.6 is 34.7 Å². The van der Waals surface area contributed by atoms with Gasteiger partial charge in [0.25, 0.3) is 5.56 Å². The van der Waals surface area contributed by atoms with E-state index in [-0.39, 0.29) is 34.0 Å². The number of nitrogens with one attached hydrogen (secondary N) is 1. The Labute approximate surface area is 238 Å². The third-order valence-corrected chi connectivity index (χ3v) is 10.3. The molecule has 1 fully saturated rings. The van der Waals surface area contributed by atoms with E-state index in [1.807, 2.05) is 0 Å². The van der Waals surface area contributed by atoms with E-state index >= 15 is 0 Å². The summed E-state index contributed by atoms with van der Waals surface area (Å²) in [4.78, 5) is 31.0. The molecule has 6 N–H and O–H groups in total. The molecule has 2 aliphatic heterocycles. The number of halogens is 1. The summed E-state index contributed by atoms with van der Waals surface area (Å²) in [5, 5.41) is 14.6. The van der Waals surface area contributed by atoms with Crippen molar-refractivity contribution in [3.8, 4) is 0 Å². The van der Waals surface area contributed by atoms with Crippen LogP contribution in [0.2, 0.25) is 5.02 Å². The molecule has 3 aliphatic rings. The molecule has 39 heavy (non-hydrogen) atoms. The molecule has 0 radical (unpaired) electrons. The highest BCUT2D eigenvalue weighted by atomic mass is 35.5. The lowest BCUT2D eigenvalue weighted by atomic mass is 9.73. The van der Waals surface area contributed by atoms with E-state index in [2.05, 4.69) is 30.7 Å². The number of thiol groups is 1. The molecule has 6 rings (SSSR count). The van der Waals surface area contributed by atoms with E-state index in [1.165, 1.54) is 44.6 Å². The van der Waals surface area contributed by atoms with Gasteiger partial charge in [-0.25, -0.2) is 15.0 Å². The molecule has 4 heterocycles. The highest BCUT2D eigenvalue weighted by Crippen LogP contribution is 2.50. The van der Waals surface area contributed by atoms with E-state index in [0.717, 1.165) is 38.2 Å². The predicted molar refractivity (Wildman–Crippen MR) is 160 cm³/mol. The number of aromatic nitrogens is 4. The van der Waals surface area contributed by atoms with Crippen molar-refractivity contribution < 1.29 is 5.11 Å². The Hall–Kier alpha value is -2.64. The largest absolute Gasteiger partial charge is 0.389 e. The summed E-state index contributed by atoms with van der Waals surface area (Å²) in [6, 6.07) is 3.59. The molecular weight excluding hydrogens is 556 g/mol. The first kappa shape index (κ1) is 26.6. The molecule has 13 heteroatoms. The number of nitrogen functional groups attached to an aromatic ring is 1. The van der Waals surface area contributed by atoms with Crippen LogP contribution in [0.1, 0.15) is 33.1 Å². The second kappa shape index (κ2) is 9.77. The van der Waals surface area contributed by atoms with Gasteiger partial charge in [0.2, 0.25) is 0 Å². The SMILES string of the molecule is CC(C)(O)Cn1cnc2ccc(Sc3ncc(N4CCC5(CC4)CC4=C(NC=[SH]4)[C@H]5N)nc3N)c(Cl)c2c1=O. The van der Waals surface area contributed by atoms with Crippen LogP contribution in [0.25, 0.3) is 10.9 Å². The molecule has 3 aromatic rings. The second-order valence-corrected chi connectivity index (χ2v) is 13.5. The molecule has 0 unspecified atom stereocenters. The van der Waals surface area contributed by atoms with Gasteiger partial charge in [0.15, 0.2) is 5.82 Å². The average Bonchev–Trinajstić information content (AvgIpc) is 3.44. The number of nitrogens with two attached hydrogens (primary N) is 2. The van der Waals surface area contributed by atoms with E-state index in [0.29, 0.717) is 21.3 Å². The number of fused-ring (bicyclic) bond motifs is 1. The van der Waals surface area contributed by atoms with Crippen molar-refractivity contribution >= 4 is 62.7 Å². The van der Waals surface area contributed by atoms with Gasteiger partial charge in [-0.1, -0.05) is 23.4 Å². The summed E-state index contributed by atoms with van der Waals surface area (Å²) in [5.41, 5.74) is 15.5. The van der Waals surface area contributed by atoms with Gasteiger partial charge in [0, 0.05) is 29.2 Å². The minimum atomic E-state index is -1.07. The van der Waals surface area contributed by atoms with Gasteiger partial charge in [-0.05, 0) is 55.6 Å². The monoisotopic (exact) mass is 586 g/mol. The number of hydrogen-bond acceptors (Lipinski definition) is 10. The van der Waals surface area contributed by atoms with Crippen LogP contribution in [0, 0.1) is 5.41 Å². The minimum absolute atomic E-state index is 0.0528. The van der Waals surface area contributed by atoms with Crippen LogP contribution in [0.3, 0.4) is 0 Å². The molecule has 1 aliphatic carbocycles. The molecule has 206 valence electrons. The topological polar surface area (TPSA) is 148 Å². The summed E-state index contributed by atoms with van der Waals surface area (Å²) in [7, 11) is 0. The van der Waals surface area contributed by atoms with Gasteiger partial charge in [-0.15, -0.1) is 0 Å². The lowest BCUT2D eigenvalue weighted by molar-refractivity contribution is 0.0603. The summed E-state index contributed by atoms with van der Waals surface area (Å²) < 4.78 is 1.37. The Morgan fingerprint density at radius 2 is 2.08 bits per heavy atom. The molecule has 1 aromatic carbocycles. The summed E-state index contributed by atoms with van der Waals surface area (Å²) >= 11 is 9.20. The van der Waals surface area contributed by atoms with E-state index in [4.69, 9.17) is 23.1 Å². The van der Waals surface area contributed by atoms with Gasteiger partial charge in [0.1, 0.15) is 10.8 Å². The Morgan fingerprint density at radius 3 is 2.77 bits per heavy atom. The van der Waals surface area contributed by atoms with Crippen molar-refractivity contribution in [1.29, 1.82) is 0 Å². The van der Waals surface area contributed by atoms with Crippen LogP contribution in [-0.2, 0) is 6.54 Å². The Kier molecular flexibility index (Phi) is 6.66. The second-order valence-electron chi connectivity index (χ2n) is 11.0. The maximum atomic E-state index is 13.1. The molecular formula is C26H31ClN8O2S2. The lowest BCUT2D eigenvalue weighted by Crippen LogP contribution is -2.49. The van der Waals surface area contributed by atoms with Crippen LogP contribution < -0.4 is 27.2 Å². The first-order valence-corrected chi connectivity index (χ1v) is 14.9. The van der Waals surface area contributed by atoms with Crippen molar-refractivity contribution in [2.24, 2.45) is 11.1 Å². The summed E-state index contributed by atoms with van der Waals surface area (Å²) in [6.07, 6.45) is 6.20. The Morgan fingerprint density at radius 1 is 1.31 bits per heavy atom. The molecule has 1 spiro atoms. The zero-order chi connectivity index (χ0) is 27.5. The number of rotatable bonds is 5. The smallest absolute Gasteiger partial charge is 0.262 e. The molecule has 0 saturated carbocycles. The number of anilines is 2. The molecule has 1 saturated heterocycles. The maximum absolute atomic E-state index is 13.1. The quantitative estimate of drug-likeness (QED) is 0.223. The number of benzene rings is 1. The number of hydrogen-bond donors (Lipinski definition) is 5. The van der Waals surface area contributed by atoms with E-state index in [9.17, 15) is 9.90 Å². The normalized spacial score (nSPS) is 20.4. The van der Waals surface area contributed by atoms with Gasteiger partial charge in [-0.3, -0.25) is 9.36 Å². The fraction of sp³-hybridized carbons (Fsp3) is 0.423. The molecule has 2 aromatic heterocycles. The van der Waals surface area contributed by atoms with Crippen molar-refractivity contribution in [2.45, 2.75) is 61.2 Å². The van der Waals surface area contributed by atoms with Crippen molar-refractivity contribution in [3.63, 3.8) is 0 Å². The third-order valence-electron chi connectivity index (χ3n) is 7.74. The fourth-order valence-electron chi connectivity index (χ4n) is 5.67.